The zero-order chi connectivity index (χ0) is 23.5. The highest BCUT2D eigenvalue weighted by Crippen LogP contribution is 2.42. The van der Waals surface area contributed by atoms with Crippen LogP contribution in [0.4, 0.5) is 5.69 Å². The molecule has 2 heterocycles. The number of unbranched alkanes of at least 4 members (excludes halogenated alkanes) is 1. The summed E-state index contributed by atoms with van der Waals surface area (Å²) in [7, 11) is 1.67. The number of rotatable bonds is 7. The molecule has 0 spiro atoms. The molecule has 0 aromatic heterocycles. The van der Waals surface area contributed by atoms with E-state index in [0.717, 1.165) is 73.6 Å². The Hall–Kier alpha value is -3.45. The van der Waals surface area contributed by atoms with Crippen molar-refractivity contribution in [2.75, 3.05) is 45.2 Å². The third-order valence-electron chi connectivity index (χ3n) is 7.04. The Kier molecular flexibility index (Phi) is 7.66. The van der Waals surface area contributed by atoms with E-state index in [9.17, 15) is 10.5 Å². The maximum absolute atomic E-state index is 9.58. The van der Waals surface area contributed by atoms with Crippen molar-refractivity contribution in [1.29, 1.82) is 10.5 Å². The van der Waals surface area contributed by atoms with Gasteiger partial charge in [0.15, 0.2) is 0 Å². The highest BCUT2D eigenvalue weighted by atomic mass is 35.5. The predicted octanol–water partition coefficient (Wildman–Crippen LogP) is 5.31. The molecule has 2 unspecified atom stereocenters. The summed E-state index contributed by atoms with van der Waals surface area (Å²) >= 11 is 0. The first-order valence-corrected chi connectivity index (χ1v) is 11.8. The summed E-state index contributed by atoms with van der Waals surface area (Å²) < 4.78 is 11.7. The molecule has 1 saturated heterocycles. The minimum absolute atomic E-state index is 0. The van der Waals surface area contributed by atoms with Crippen molar-refractivity contribution in [3.63, 3.8) is 0 Å². The summed E-state index contributed by atoms with van der Waals surface area (Å²) in [5, 5.41) is 24.2. The highest BCUT2D eigenvalue weighted by molar-refractivity contribution is 5.97. The predicted molar refractivity (Wildman–Crippen MR) is 140 cm³/mol. The van der Waals surface area contributed by atoms with E-state index in [0.29, 0.717) is 23.0 Å². The van der Waals surface area contributed by atoms with E-state index in [2.05, 4.69) is 22.4 Å². The average Bonchev–Trinajstić information content (AvgIpc) is 3.31. The lowest BCUT2D eigenvalue weighted by atomic mass is 9.86. The minimum atomic E-state index is 0. The molecule has 180 valence electrons. The molecule has 3 aromatic carbocycles. The fraction of sp³-hybridized carbons (Fsp3) is 0.357. The van der Waals surface area contributed by atoms with Gasteiger partial charge in [-0.05, 0) is 43.7 Å². The Bertz CT molecular complexity index is 1300. The number of nitrogens with zero attached hydrogens (tertiary/aromatic N) is 3. The van der Waals surface area contributed by atoms with Crippen LogP contribution >= 0.6 is 12.4 Å². The van der Waals surface area contributed by atoms with Gasteiger partial charge >= 0.3 is 0 Å². The molecule has 3 aromatic rings. The van der Waals surface area contributed by atoms with Crippen LogP contribution < -0.4 is 14.8 Å². The molecule has 0 radical (unpaired) electrons. The number of anilines is 1. The lowest BCUT2D eigenvalue weighted by Gasteiger charge is -2.27. The van der Waals surface area contributed by atoms with Gasteiger partial charge in [-0.1, -0.05) is 24.3 Å². The standard InChI is InChI=1S/C28H28N4O2.ClH/c1-33-28-23-7-3-2-6-22(23)20(15-30)13-26(28)31-10-4-5-11-32-16-21-18-34-27-9-8-19(14-29)12-24(27)25(21)17-32;/h2-3,6-9,12-13,21,25,31H,4-5,10-11,16-18H2,1H3;1H. The zero-order valence-electron chi connectivity index (χ0n) is 19.8. The van der Waals surface area contributed by atoms with E-state index in [-0.39, 0.29) is 12.4 Å². The molecular formula is C28H29ClN4O2. The number of likely N-dealkylation sites (tertiary alicyclic amines) is 1. The van der Waals surface area contributed by atoms with Crippen molar-refractivity contribution in [3.8, 4) is 23.6 Å². The van der Waals surface area contributed by atoms with Gasteiger partial charge in [-0.25, -0.2) is 0 Å². The van der Waals surface area contributed by atoms with Crippen LogP contribution in [0, 0.1) is 28.6 Å². The third-order valence-corrected chi connectivity index (χ3v) is 7.04. The Balaban J connectivity index is 0.00000289. The van der Waals surface area contributed by atoms with E-state index in [1.165, 1.54) is 5.56 Å². The van der Waals surface area contributed by atoms with Gasteiger partial charge in [-0.15, -0.1) is 12.4 Å². The van der Waals surface area contributed by atoms with Gasteiger partial charge in [0.05, 0.1) is 42.7 Å². The van der Waals surface area contributed by atoms with Crippen LogP contribution in [0.3, 0.4) is 0 Å². The van der Waals surface area contributed by atoms with Crippen molar-refractivity contribution in [1.82, 2.24) is 4.90 Å². The third kappa shape index (κ3) is 4.86. The molecule has 7 heteroatoms. The van der Waals surface area contributed by atoms with E-state index in [1.807, 2.05) is 48.5 Å². The van der Waals surface area contributed by atoms with E-state index in [4.69, 9.17) is 9.47 Å². The second-order valence-corrected chi connectivity index (χ2v) is 9.10. The van der Waals surface area contributed by atoms with Gasteiger partial charge in [0, 0.05) is 47.8 Å². The second kappa shape index (κ2) is 10.9. The number of hydrogen-bond acceptors (Lipinski definition) is 6. The van der Waals surface area contributed by atoms with Crippen LogP contribution in [-0.2, 0) is 0 Å². The molecule has 1 N–H and O–H groups in total. The molecule has 35 heavy (non-hydrogen) atoms. The topological polar surface area (TPSA) is 81.3 Å². The van der Waals surface area contributed by atoms with Crippen LogP contribution in [0.2, 0.25) is 0 Å². The number of nitriles is 2. The normalized spacial score (nSPS) is 18.4. The Morgan fingerprint density at radius 1 is 1.06 bits per heavy atom. The molecule has 1 fully saturated rings. The quantitative estimate of drug-likeness (QED) is 0.454. The smallest absolute Gasteiger partial charge is 0.149 e. The fourth-order valence-electron chi connectivity index (χ4n) is 5.38. The van der Waals surface area contributed by atoms with Crippen molar-refractivity contribution in [2.45, 2.75) is 18.8 Å². The highest BCUT2D eigenvalue weighted by Gasteiger charge is 2.38. The molecule has 2 aliphatic rings. The Morgan fingerprint density at radius 3 is 2.66 bits per heavy atom. The van der Waals surface area contributed by atoms with Crippen molar-refractivity contribution in [3.05, 3.63) is 65.2 Å². The van der Waals surface area contributed by atoms with Gasteiger partial charge in [0.25, 0.3) is 0 Å². The first-order valence-electron chi connectivity index (χ1n) is 11.8. The van der Waals surface area contributed by atoms with Gasteiger partial charge in [0.2, 0.25) is 0 Å². The number of halogens is 1. The van der Waals surface area contributed by atoms with E-state index >= 15 is 0 Å². The summed E-state index contributed by atoms with van der Waals surface area (Å²) in [6.07, 6.45) is 2.11. The van der Waals surface area contributed by atoms with E-state index < -0.39 is 0 Å². The molecule has 0 amide bonds. The first kappa shape index (κ1) is 24.7. The minimum Gasteiger partial charge on any atom is -0.494 e. The molecule has 0 saturated carbocycles. The van der Waals surface area contributed by atoms with Gasteiger partial charge < -0.3 is 19.7 Å². The Labute approximate surface area is 212 Å². The number of hydrogen-bond donors (Lipinski definition) is 1. The summed E-state index contributed by atoms with van der Waals surface area (Å²) in [4.78, 5) is 2.53. The largest absolute Gasteiger partial charge is 0.494 e. The van der Waals surface area contributed by atoms with Crippen molar-refractivity contribution < 1.29 is 9.47 Å². The van der Waals surface area contributed by atoms with Gasteiger partial charge in [0.1, 0.15) is 11.5 Å². The molecule has 2 atom stereocenters. The van der Waals surface area contributed by atoms with Crippen molar-refractivity contribution in [2.24, 2.45) is 5.92 Å². The second-order valence-electron chi connectivity index (χ2n) is 9.10. The maximum atomic E-state index is 9.58. The lowest BCUT2D eigenvalue weighted by Crippen LogP contribution is -2.25. The van der Waals surface area contributed by atoms with Crippen LogP contribution in [0.25, 0.3) is 10.8 Å². The number of methoxy groups -OCH3 is 1. The van der Waals surface area contributed by atoms with Gasteiger partial charge in [-0.2, -0.15) is 10.5 Å². The van der Waals surface area contributed by atoms with Crippen LogP contribution in [0.1, 0.15) is 35.4 Å². The number of ether oxygens (including phenoxy) is 2. The van der Waals surface area contributed by atoms with E-state index in [1.54, 1.807) is 7.11 Å². The van der Waals surface area contributed by atoms with Crippen LogP contribution in [-0.4, -0.2) is 44.8 Å². The molecule has 5 rings (SSSR count). The van der Waals surface area contributed by atoms with Gasteiger partial charge in [-0.3, -0.25) is 0 Å². The summed E-state index contributed by atoms with van der Waals surface area (Å²) in [6, 6.07) is 20.1. The first-order chi connectivity index (χ1) is 16.7. The van der Waals surface area contributed by atoms with Crippen LogP contribution in [0.5, 0.6) is 11.5 Å². The van der Waals surface area contributed by atoms with Crippen LogP contribution in [0.15, 0.2) is 48.5 Å². The van der Waals surface area contributed by atoms with Crippen molar-refractivity contribution >= 4 is 28.9 Å². The zero-order valence-corrected chi connectivity index (χ0v) is 20.6. The lowest BCUT2D eigenvalue weighted by molar-refractivity contribution is 0.212. The fourth-order valence-corrected chi connectivity index (χ4v) is 5.38. The summed E-state index contributed by atoms with van der Waals surface area (Å²) in [5.41, 5.74) is 3.42. The molecule has 6 nitrogen and oxygen atoms in total. The average molecular weight is 489 g/mol. The molecular weight excluding hydrogens is 460 g/mol. The molecule has 0 bridgehead atoms. The SMILES string of the molecule is COc1c(NCCCCN2CC3COc4ccc(C#N)cc4C3C2)cc(C#N)c2ccccc12.Cl. The Morgan fingerprint density at radius 2 is 1.89 bits per heavy atom. The number of nitrogens with one attached hydrogen (secondary N) is 1. The summed E-state index contributed by atoms with van der Waals surface area (Å²) in [6.45, 7) is 4.67. The molecule has 2 aliphatic heterocycles. The summed E-state index contributed by atoms with van der Waals surface area (Å²) in [5.74, 6) is 2.66. The monoisotopic (exact) mass is 488 g/mol. The number of fused-ring (bicyclic) bond motifs is 4. The molecule has 0 aliphatic carbocycles. The number of benzene rings is 3. The maximum Gasteiger partial charge on any atom is 0.149 e.